The van der Waals surface area contributed by atoms with E-state index in [0.717, 1.165) is 25.0 Å². The van der Waals surface area contributed by atoms with Crippen molar-refractivity contribution in [2.75, 3.05) is 54.2 Å². The molecule has 4 rings (SSSR count). The van der Waals surface area contributed by atoms with E-state index >= 15 is 0 Å². The van der Waals surface area contributed by atoms with Gasteiger partial charge in [0.15, 0.2) is 12.6 Å². The zero-order valence-electron chi connectivity index (χ0n) is 32.5. The molecule has 0 saturated carbocycles. The molecule has 0 bridgehead atoms. The molecule has 0 aromatic heterocycles. The van der Waals surface area contributed by atoms with Gasteiger partial charge in [0.1, 0.15) is 12.2 Å². The number of epoxide rings is 1. The quantitative estimate of drug-likeness (QED) is 0.126. The van der Waals surface area contributed by atoms with Gasteiger partial charge in [-0.2, -0.15) is 0 Å². The van der Waals surface area contributed by atoms with E-state index in [9.17, 15) is 19.2 Å². The molecule has 4 fully saturated rings. The van der Waals surface area contributed by atoms with E-state index in [4.69, 9.17) is 37.9 Å². The Labute approximate surface area is 317 Å². The van der Waals surface area contributed by atoms with E-state index in [-0.39, 0.29) is 54.4 Å². The van der Waals surface area contributed by atoms with Crippen LogP contribution >= 0.6 is 0 Å². The predicted octanol–water partition coefficient (Wildman–Crippen LogP) is 3.02. The number of nitrogens with one attached hydrogen (secondary N) is 3. The largest absolute Gasteiger partial charge is 0.442 e. The molecule has 302 valence electrons. The first-order valence-electron chi connectivity index (χ1n) is 18.5. The molecule has 3 N–H and O–H groups in total. The highest BCUT2D eigenvalue weighted by Gasteiger charge is 2.53. The minimum Gasteiger partial charge on any atom is -0.442 e. The molecule has 54 heavy (non-hydrogen) atoms. The van der Waals surface area contributed by atoms with Crippen LogP contribution in [0, 0.1) is 0 Å². The van der Waals surface area contributed by atoms with Crippen molar-refractivity contribution in [3.63, 3.8) is 0 Å². The van der Waals surface area contributed by atoms with Crippen LogP contribution in [0.15, 0.2) is 48.1 Å². The maximum atomic E-state index is 12.8. The Kier molecular flexibility index (Phi) is 16.1. The molecule has 0 aromatic carbocycles. The van der Waals surface area contributed by atoms with E-state index in [1.807, 2.05) is 6.92 Å². The lowest BCUT2D eigenvalue weighted by Gasteiger charge is -2.38. The first-order valence-corrected chi connectivity index (χ1v) is 18.5. The molecule has 4 aliphatic heterocycles. The van der Waals surface area contributed by atoms with E-state index in [1.54, 1.807) is 21.0 Å². The monoisotopic (exact) mass is 762 g/mol. The third kappa shape index (κ3) is 15.1. The predicted molar refractivity (Wildman–Crippen MR) is 196 cm³/mol. The Morgan fingerprint density at radius 3 is 2.06 bits per heavy atom. The van der Waals surface area contributed by atoms with Crippen molar-refractivity contribution in [2.45, 2.75) is 114 Å². The number of hydrogen-bond donors (Lipinski definition) is 3. The van der Waals surface area contributed by atoms with Crippen molar-refractivity contribution in [3.05, 3.63) is 48.1 Å². The molecule has 16 heteroatoms. The molecule has 4 aliphatic rings. The minimum absolute atomic E-state index is 0.00954. The molecule has 4 heterocycles. The molecule has 4 amide bonds. The molecule has 4 saturated heterocycles. The van der Waals surface area contributed by atoms with Crippen molar-refractivity contribution in [1.29, 1.82) is 0 Å². The third-order valence-corrected chi connectivity index (χ3v) is 8.96. The van der Waals surface area contributed by atoms with Gasteiger partial charge in [0.25, 0.3) is 0 Å². The number of allylic oxidation sites excluding steroid dienone is 2. The Morgan fingerprint density at radius 2 is 1.48 bits per heavy atom. The van der Waals surface area contributed by atoms with E-state index in [0.29, 0.717) is 32.5 Å². The lowest BCUT2D eigenvalue weighted by Crippen LogP contribution is -2.47. The molecule has 4 atom stereocenters. The van der Waals surface area contributed by atoms with Crippen LogP contribution in [0.4, 0.5) is 9.59 Å². The summed E-state index contributed by atoms with van der Waals surface area (Å²) in [7, 11) is 4.58. The average Bonchev–Trinajstić information content (AvgIpc) is 3.87. The third-order valence-electron chi connectivity index (χ3n) is 8.96. The summed E-state index contributed by atoms with van der Waals surface area (Å²) in [5, 5.41) is 7.98. The Hall–Kier alpha value is -3.80. The highest BCUT2D eigenvalue weighted by atomic mass is 16.7. The van der Waals surface area contributed by atoms with Crippen LogP contribution in [0.2, 0.25) is 0 Å². The van der Waals surface area contributed by atoms with Crippen LogP contribution in [-0.4, -0.2) is 137 Å². The molecule has 16 nitrogen and oxygen atoms in total. The summed E-state index contributed by atoms with van der Waals surface area (Å²) in [5.41, 5.74) is 0.837. The smallest absolute Gasteiger partial charge is 0.409 e. The minimum atomic E-state index is -0.731. The second-order valence-corrected chi connectivity index (χ2v) is 14.9. The zero-order valence-corrected chi connectivity index (χ0v) is 32.5. The van der Waals surface area contributed by atoms with Crippen LogP contribution in [0.3, 0.4) is 0 Å². The second kappa shape index (κ2) is 20.2. The summed E-state index contributed by atoms with van der Waals surface area (Å²) < 4.78 is 45.8. The van der Waals surface area contributed by atoms with Gasteiger partial charge in [0, 0.05) is 59.0 Å². The van der Waals surface area contributed by atoms with Crippen molar-refractivity contribution < 1.29 is 57.1 Å². The van der Waals surface area contributed by atoms with Gasteiger partial charge in [-0.3, -0.25) is 9.59 Å². The number of carbonyl (C=O) groups is 4. The van der Waals surface area contributed by atoms with Gasteiger partial charge in [-0.15, -0.1) is 0 Å². The van der Waals surface area contributed by atoms with E-state index < -0.39 is 37.0 Å². The number of hydrogen-bond acceptors (Lipinski definition) is 12. The van der Waals surface area contributed by atoms with E-state index in [1.165, 1.54) is 36.3 Å². The van der Waals surface area contributed by atoms with Gasteiger partial charge < -0.3 is 58.7 Å². The fraction of sp³-hybridized carbons (Fsp3) is 0.684. The lowest BCUT2D eigenvalue weighted by atomic mass is 9.85. The summed E-state index contributed by atoms with van der Waals surface area (Å²) in [6.45, 7) is 9.67. The van der Waals surface area contributed by atoms with Crippen molar-refractivity contribution in [1.82, 2.24) is 20.9 Å². The summed E-state index contributed by atoms with van der Waals surface area (Å²) in [6.07, 6.45) is 11.4. The van der Waals surface area contributed by atoms with Crippen LogP contribution in [0.1, 0.15) is 59.8 Å². The van der Waals surface area contributed by atoms with Gasteiger partial charge in [-0.1, -0.05) is 23.8 Å². The maximum Gasteiger partial charge on any atom is 0.409 e. The molecule has 0 aromatic rings. The highest BCUT2D eigenvalue weighted by molar-refractivity contribution is 5.88. The Morgan fingerprint density at radius 1 is 0.889 bits per heavy atom. The van der Waals surface area contributed by atoms with Crippen LogP contribution in [0.25, 0.3) is 0 Å². The van der Waals surface area contributed by atoms with Crippen LogP contribution in [0.5, 0.6) is 0 Å². The topological polar surface area (TPSA) is 185 Å². The number of amides is 4. The van der Waals surface area contributed by atoms with Gasteiger partial charge in [0.05, 0.1) is 62.4 Å². The summed E-state index contributed by atoms with van der Waals surface area (Å²) in [5.74, 6) is -0.761. The molecular weight excluding hydrogens is 704 g/mol. The first-order chi connectivity index (χ1) is 25.6. The van der Waals surface area contributed by atoms with Gasteiger partial charge in [-0.25, -0.2) is 9.59 Å². The second-order valence-electron chi connectivity index (χ2n) is 14.9. The first kappa shape index (κ1) is 42.9. The number of nitrogens with zero attached hydrogens (tertiary/aromatic N) is 1. The number of carbonyl (C=O) groups excluding carboxylic acids is 4. The van der Waals surface area contributed by atoms with Crippen molar-refractivity contribution in [3.8, 4) is 0 Å². The van der Waals surface area contributed by atoms with Gasteiger partial charge >= 0.3 is 12.2 Å². The SMILES string of the molecule is CNC(=O)OC(C)C=CC(=O)NC1COC(CCC(C=CC(=O)NC2COC(CC=C(C)C=CC3CC4(CO4)CC(C)(C)O3)OC2)OC(=O)N(C)C)OC1. The molecule has 0 radical (unpaired) electrons. The van der Waals surface area contributed by atoms with Crippen molar-refractivity contribution >= 4 is 24.0 Å². The molecule has 4 unspecified atom stereocenters. The fourth-order valence-corrected chi connectivity index (χ4v) is 6.22. The average molecular weight is 763 g/mol. The summed E-state index contributed by atoms with van der Waals surface area (Å²) >= 11 is 0. The van der Waals surface area contributed by atoms with Crippen LogP contribution < -0.4 is 16.0 Å². The zero-order chi connectivity index (χ0) is 39.3. The molecule has 1 spiro atoms. The number of alkyl carbamates (subject to hydrolysis) is 1. The molecule has 0 aliphatic carbocycles. The Bertz CT molecular complexity index is 1390. The van der Waals surface area contributed by atoms with Crippen molar-refractivity contribution in [2.24, 2.45) is 0 Å². The standard InChI is InChI=1S/C38H58N4O12/c1-25(8-11-30-18-38(24-51-38)23-37(3,4)54-30)9-16-33-47-19-28(20-48-33)41-32(44)15-12-29(53-36(46)42(6)7)13-17-34-49-21-27(22-50-34)40-31(43)14-10-26(2)52-35(45)39-5/h8-12,14-15,26-30,33-34H,13,16-24H2,1-7H3,(H,39,45)(H,40,43)(H,41,44). The summed E-state index contributed by atoms with van der Waals surface area (Å²) in [6, 6.07) is -0.729. The Balaban J connectivity index is 1.15. The number of ether oxygens (including phenoxy) is 8. The van der Waals surface area contributed by atoms with Crippen LogP contribution in [-0.2, 0) is 47.5 Å². The summed E-state index contributed by atoms with van der Waals surface area (Å²) in [4.78, 5) is 49.9. The van der Waals surface area contributed by atoms with Gasteiger partial charge in [-0.05, 0) is 46.3 Å². The van der Waals surface area contributed by atoms with Gasteiger partial charge in [0.2, 0.25) is 11.8 Å². The molecular formula is C38H58N4O12. The number of rotatable bonds is 15. The normalized spacial score (nSPS) is 29.5. The van der Waals surface area contributed by atoms with E-state index in [2.05, 4.69) is 48.0 Å². The lowest BCUT2D eigenvalue weighted by molar-refractivity contribution is -0.194. The fourth-order valence-electron chi connectivity index (χ4n) is 6.22. The maximum absolute atomic E-state index is 12.8. The highest BCUT2D eigenvalue weighted by Crippen LogP contribution is 2.46.